The van der Waals surface area contributed by atoms with Gasteiger partial charge in [0.1, 0.15) is 5.01 Å². The Kier molecular flexibility index (Phi) is 3.88. The molecule has 5 heteroatoms. The minimum Gasteiger partial charge on any atom is -0.301 e. The summed E-state index contributed by atoms with van der Waals surface area (Å²) in [6.07, 6.45) is 6.91. The van der Waals surface area contributed by atoms with Gasteiger partial charge in [-0.15, -0.1) is 10.2 Å². The molecule has 1 aliphatic rings. The molecule has 4 nitrogen and oxygen atoms in total. The minimum absolute atomic E-state index is 0.0862. The lowest BCUT2D eigenvalue weighted by Crippen LogP contribution is -2.18. The van der Waals surface area contributed by atoms with Gasteiger partial charge in [0, 0.05) is 6.42 Å². The van der Waals surface area contributed by atoms with Crippen LogP contribution in [0.25, 0.3) is 0 Å². The van der Waals surface area contributed by atoms with Crippen LogP contribution in [0.2, 0.25) is 0 Å². The van der Waals surface area contributed by atoms with Gasteiger partial charge in [-0.3, -0.25) is 4.79 Å². The number of hydrogen-bond acceptors (Lipinski definition) is 4. The van der Waals surface area contributed by atoms with Crippen LogP contribution in [0.3, 0.4) is 0 Å². The highest BCUT2D eigenvalue weighted by molar-refractivity contribution is 7.15. The molecule has 0 aromatic carbocycles. The molecule has 0 unspecified atom stereocenters. The maximum Gasteiger partial charge on any atom is 0.226 e. The number of anilines is 1. The maximum absolute atomic E-state index is 11.7. The Morgan fingerprint density at radius 2 is 2.12 bits per heavy atom. The summed E-state index contributed by atoms with van der Waals surface area (Å²) in [5, 5.41) is 12.1. The second-order valence-corrected chi connectivity index (χ2v) is 5.56. The molecule has 16 heavy (non-hydrogen) atoms. The number of nitrogens with zero attached hydrogens (tertiary/aromatic N) is 2. The highest BCUT2D eigenvalue weighted by Crippen LogP contribution is 2.26. The van der Waals surface area contributed by atoms with Crippen molar-refractivity contribution in [1.82, 2.24) is 10.2 Å². The lowest BCUT2D eigenvalue weighted by molar-refractivity contribution is -0.117. The molecule has 1 aromatic heterocycles. The molecule has 0 radical (unpaired) electrons. The Bertz CT molecular complexity index is 358. The van der Waals surface area contributed by atoms with Crippen molar-refractivity contribution in [3.05, 3.63) is 5.01 Å². The van der Waals surface area contributed by atoms with Crippen molar-refractivity contribution < 1.29 is 4.79 Å². The normalized spacial score (nSPS) is 17.3. The Balaban J connectivity index is 1.79. The molecule has 0 saturated heterocycles. The summed E-state index contributed by atoms with van der Waals surface area (Å²) in [5.74, 6) is 0.658. The number of aromatic nitrogens is 2. The van der Waals surface area contributed by atoms with Gasteiger partial charge in [-0.25, -0.2) is 0 Å². The van der Waals surface area contributed by atoms with Crippen molar-refractivity contribution in [2.24, 2.45) is 5.92 Å². The van der Waals surface area contributed by atoms with E-state index in [2.05, 4.69) is 15.5 Å². The Hall–Kier alpha value is -0.970. The standard InChI is InChI=1S/C11H17N3OS/c1-8-13-14-11(16-8)12-10(15)7-9-5-3-2-4-6-9/h9H,2-7H2,1H3,(H,12,14,15). The van der Waals surface area contributed by atoms with Gasteiger partial charge in [0.25, 0.3) is 0 Å². The van der Waals surface area contributed by atoms with Crippen molar-refractivity contribution in [2.75, 3.05) is 5.32 Å². The molecule has 0 atom stereocenters. The van der Waals surface area contributed by atoms with Gasteiger partial charge in [-0.1, -0.05) is 30.6 Å². The molecule has 1 heterocycles. The summed E-state index contributed by atoms with van der Waals surface area (Å²) in [5.41, 5.74) is 0. The first-order chi connectivity index (χ1) is 7.74. The molecule has 88 valence electrons. The SMILES string of the molecule is Cc1nnc(NC(=O)CC2CCCCC2)s1. The zero-order valence-corrected chi connectivity index (χ0v) is 10.3. The minimum atomic E-state index is 0.0862. The number of hydrogen-bond donors (Lipinski definition) is 1. The molecule has 1 amide bonds. The van der Waals surface area contributed by atoms with Gasteiger partial charge in [-0.05, 0) is 25.7 Å². The van der Waals surface area contributed by atoms with Crippen molar-refractivity contribution in [3.63, 3.8) is 0 Å². The van der Waals surface area contributed by atoms with Crippen LogP contribution in [0.5, 0.6) is 0 Å². The fraction of sp³-hybridized carbons (Fsp3) is 0.727. The van der Waals surface area contributed by atoms with Gasteiger partial charge < -0.3 is 5.32 Å². The summed E-state index contributed by atoms with van der Waals surface area (Å²) in [7, 11) is 0. The van der Waals surface area contributed by atoms with Crippen molar-refractivity contribution >= 4 is 22.4 Å². The first-order valence-electron chi connectivity index (χ1n) is 5.84. The number of aryl methyl sites for hydroxylation is 1. The topological polar surface area (TPSA) is 54.9 Å². The van der Waals surface area contributed by atoms with Crippen LogP contribution in [0.1, 0.15) is 43.5 Å². The Morgan fingerprint density at radius 3 is 2.75 bits per heavy atom. The summed E-state index contributed by atoms with van der Waals surface area (Å²) < 4.78 is 0. The smallest absolute Gasteiger partial charge is 0.226 e. The van der Waals surface area contributed by atoms with Crippen LogP contribution in [0, 0.1) is 12.8 Å². The average molecular weight is 239 g/mol. The monoisotopic (exact) mass is 239 g/mol. The molecule has 1 aliphatic carbocycles. The summed E-state index contributed by atoms with van der Waals surface area (Å²) >= 11 is 1.42. The zero-order valence-electron chi connectivity index (χ0n) is 9.53. The Labute approximate surface area is 99.5 Å². The lowest BCUT2D eigenvalue weighted by atomic mass is 9.87. The molecular formula is C11H17N3OS. The van der Waals surface area contributed by atoms with E-state index in [1.807, 2.05) is 6.92 Å². The largest absolute Gasteiger partial charge is 0.301 e. The molecule has 1 saturated carbocycles. The molecule has 1 N–H and O–H groups in total. The maximum atomic E-state index is 11.7. The van der Waals surface area contributed by atoms with E-state index in [1.54, 1.807) is 0 Å². The summed E-state index contributed by atoms with van der Waals surface area (Å²) in [6, 6.07) is 0. The van der Waals surface area contributed by atoms with E-state index < -0.39 is 0 Å². The van der Waals surface area contributed by atoms with Crippen molar-refractivity contribution in [1.29, 1.82) is 0 Å². The van der Waals surface area contributed by atoms with E-state index in [4.69, 9.17) is 0 Å². The first kappa shape index (κ1) is 11.5. The first-order valence-corrected chi connectivity index (χ1v) is 6.65. The van der Waals surface area contributed by atoms with Crippen LogP contribution in [0.4, 0.5) is 5.13 Å². The number of amides is 1. The van der Waals surface area contributed by atoms with Gasteiger partial charge >= 0.3 is 0 Å². The predicted octanol–water partition coefficient (Wildman–Crippen LogP) is 2.76. The molecule has 0 bridgehead atoms. The van der Waals surface area contributed by atoms with E-state index in [-0.39, 0.29) is 5.91 Å². The quantitative estimate of drug-likeness (QED) is 0.882. The summed E-state index contributed by atoms with van der Waals surface area (Å²) in [6.45, 7) is 1.88. The predicted molar refractivity (Wildman–Crippen MR) is 64.5 cm³/mol. The molecule has 1 aromatic rings. The number of rotatable bonds is 3. The Morgan fingerprint density at radius 1 is 1.38 bits per heavy atom. The third-order valence-corrected chi connectivity index (χ3v) is 3.73. The third-order valence-electron chi connectivity index (χ3n) is 2.97. The van der Waals surface area contributed by atoms with Gasteiger partial charge in [0.05, 0.1) is 0 Å². The molecule has 0 spiro atoms. The van der Waals surface area contributed by atoms with Crippen molar-refractivity contribution in [3.8, 4) is 0 Å². The number of carbonyl (C=O) groups is 1. The highest BCUT2D eigenvalue weighted by Gasteiger charge is 2.17. The van der Waals surface area contributed by atoms with E-state index in [9.17, 15) is 4.79 Å². The molecule has 2 rings (SSSR count). The molecular weight excluding hydrogens is 222 g/mol. The fourth-order valence-corrected chi connectivity index (χ4v) is 2.78. The third kappa shape index (κ3) is 3.27. The van der Waals surface area contributed by atoms with E-state index >= 15 is 0 Å². The van der Waals surface area contributed by atoms with Gasteiger partial charge in [0.15, 0.2) is 0 Å². The van der Waals surface area contributed by atoms with Crippen LogP contribution in [-0.2, 0) is 4.79 Å². The van der Waals surface area contributed by atoms with E-state index in [1.165, 1.54) is 43.4 Å². The second-order valence-electron chi connectivity index (χ2n) is 4.38. The van der Waals surface area contributed by atoms with Crippen LogP contribution in [0.15, 0.2) is 0 Å². The number of nitrogens with one attached hydrogen (secondary N) is 1. The molecule has 1 fully saturated rings. The summed E-state index contributed by atoms with van der Waals surface area (Å²) in [4.78, 5) is 11.7. The highest BCUT2D eigenvalue weighted by atomic mass is 32.1. The van der Waals surface area contributed by atoms with Gasteiger partial charge in [-0.2, -0.15) is 0 Å². The van der Waals surface area contributed by atoms with E-state index in [0.29, 0.717) is 17.5 Å². The van der Waals surface area contributed by atoms with Crippen LogP contribution < -0.4 is 5.32 Å². The van der Waals surface area contributed by atoms with E-state index in [0.717, 1.165) is 5.01 Å². The zero-order chi connectivity index (χ0) is 11.4. The number of carbonyl (C=O) groups excluding carboxylic acids is 1. The fourth-order valence-electron chi connectivity index (χ4n) is 2.17. The van der Waals surface area contributed by atoms with Crippen LogP contribution in [-0.4, -0.2) is 16.1 Å². The van der Waals surface area contributed by atoms with Gasteiger partial charge in [0.2, 0.25) is 11.0 Å². The second kappa shape index (κ2) is 5.39. The lowest BCUT2D eigenvalue weighted by Gasteiger charge is -2.20. The van der Waals surface area contributed by atoms with Crippen molar-refractivity contribution in [2.45, 2.75) is 45.4 Å². The van der Waals surface area contributed by atoms with Crippen LogP contribution >= 0.6 is 11.3 Å². The molecule has 0 aliphatic heterocycles. The average Bonchev–Trinajstić information content (AvgIpc) is 2.65.